The molecule has 0 unspecified atom stereocenters. The molecule has 0 bridgehead atoms. The van der Waals surface area contributed by atoms with Gasteiger partial charge in [-0.15, -0.1) is 0 Å². The van der Waals surface area contributed by atoms with Gasteiger partial charge >= 0.3 is 0 Å². The first-order valence-electron chi connectivity index (χ1n) is 5.00. The summed E-state index contributed by atoms with van der Waals surface area (Å²) in [5, 5.41) is 0. The first kappa shape index (κ1) is 9.93. The van der Waals surface area contributed by atoms with Crippen LogP contribution in [0.5, 0.6) is 0 Å². The number of imidazole rings is 1. The van der Waals surface area contributed by atoms with Crippen molar-refractivity contribution in [2.75, 3.05) is 0 Å². The van der Waals surface area contributed by atoms with Crippen molar-refractivity contribution in [2.45, 2.75) is 13.5 Å². The number of aromatic nitrogens is 2. The molecule has 0 atom stereocenters. The number of rotatable bonds is 2. The number of aryl methyl sites for hydroxylation is 1. The Labute approximate surface area is 89.6 Å². The van der Waals surface area contributed by atoms with E-state index < -0.39 is 0 Å². The second kappa shape index (κ2) is 3.87. The molecule has 0 saturated heterocycles. The van der Waals surface area contributed by atoms with Gasteiger partial charge in [0, 0.05) is 19.2 Å². The summed E-state index contributed by atoms with van der Waals surface area (Å²) in [6.07, 6.45) is 1.84. The van der Waals surface area contributed by atoms with E-state index >= 15 is 0 Å². The average Bonchev–Trinajstić information content (AvgIpc) is 2.60. The van der Waals surface area contributed by atoms with Gasteiger partial charge in [-0.1, -0.05) is 24.3 Å². The highest BCUT2D eigenvalue weighted by molar-refractivity contribution is 5.60. The lowest BCUT2D eigenvalue weighted by atomic mass is 10.1. The Morgan fingerprint density at radius 3 is 2.67 bits per heavy atom. The third kappa shape index (κ3) is 1.66. The summed E-state index contributed by atoms with van der Waals surface area (Å²) in [6, 6.07) is 8.23. The fraction of sp³-hybridized carbons (Fsp3) is 0.250. The van der Waals surface area contributed by atoms with E-state index in [1.54, 1.807) is 0 Å². The Bertz CT molecular complexity index is 471. The first-order valence-corrected chi connectivity index (χ1v) is 5.00. The van der Waals surface area contributed by atoms with E-state index in [0.29, 0.717) is 6.54 Å². The van der Waals surface area contributed by atoms with Crippen LogP contribution in [0.25, 0.3) is 11.4 Å². The molecule has 3 nitrogen and oxygen atoms in total. The fourth-order valence-corrected chi connectivity index (χ4v) is 1.71. The molecule has 0 spiro atoms. The minimum Gasteiger partial charge on any atom is -0.330 e. The van der Waals surface area contributed by atoms with Crippen LogP contribution >= 0.6 is 0 Å². The molecule has 1 heterocycles. The molecule has 2 rings (SSSR count). The van der Waals surface area contributed by atoms with Gasteiger partial charge < -0.3 is 10.3 Å². The third-order valence-electron chi connectivity index (χ3n) is 2.68. The van der Waals surface area contributed by atoms with Crippen LogP contribution in [0.4, 0.5) is 0 Å². The van der Waals surface area contributed by atoms with E-state index in [4.69, 9.17) is 5.73 Å². The molecular formula is C12H15N3. The monoisotopic (exact) mass is 201 g/mol. The summed E-state index contributed by atoms with van der Waals surface area (Å²) in [5.41, 5.74) is 9.07. The van der Waals surface area contributed by atoms with Crippen molar-refractivity contribution in [2.24, 2.45) is 12.8 Å². The smallest absolute Gasteiger partial charge is 0.140 e. The van der Waals surface area contributed by atoms with Gasteiger partial charge in [0.25, 0.3) is 0 Å². The van der Waals surface area contributed by atoms with Crippen LogP contribution in [-0.4, -0.2) is 9.55 Å². The maximum atomic E-state index is 5.62. The highest BCUT2D eigenvalue weighted by atomic mass is 15.1. The van der Waals surface area contributed by atoms with Gasteiger partial charge in [-0.2, -0.15) is 0 Å². The van der Waals surface area contributed by atoms with Crippen LogP contribution in [-0.2, 0) is 13.6 Å². The van der Waals surface area contributed by atoms with Crippen molar-refractivity contribution in [3.63, 3.8) is 0 Å². The number of nitrogens with two attached hydrogens (primary N) is 1. The van der Waals surface area contributed by atoms with E-state index in [9.17, 15) is 0 Å². The Kier molecular flexibility index (Phi) is 2.56. The molecule has 0 amide bonds. The number of hydrogen-bond acceptors (Lipinski definition) is 2. The first-order chi connectivity index (χ1) is 7.24. The molecule has 0 aliphatic heterocycles. The highest BCUT2D eigenvalue weighted by Crippen LogP contribution is 2.21. The van der Waals surface area contributed by atoms with E-state index in [1.807, 2.05) is 29.9 Å². The van der Waals surface area contributed by atoms with E-state index in [0.717, 1.165) is 11.5 Å². The summed E-state index contributed by atoms with van der Waals surface area (Å²) < 4.78 is 2.04. The van der Waals surface area contributed by atoms with Crippen LogP contribution in [0.2, 0.25) is 0 Å². The maximum Gasteiger partial charge on any atom is 0.140 e. The fourth-order valence-electron chi connectivity index (χ4n) is 1.71. The predicted molar refractivity (Wildman–Crippen MR) is 61.3 cm³/mol. The van der Waals surface area contributed by atoms with Crippen molar-refractivity contribution < 1.29 is 0 Å². The Morgan fingerprint density at radius 2 is 2.07 bits per heavy atom. The lowest BCUT2D eigenvalue weighted by Crippen LogP contribution is -2.04. The molecule has 15 heavy (non-hydrogen) atoms. The van der Waals surface area contributed by atoms with E-state index in [2.05, 4.69) is 24.0 Å². The molecular weight excluding hydrogens is 186 g/mol. The van der Waals surface area contributed by atoms with Gasteiger partial charge in [-0.3, -0.25) is 0 Å². The molecule has 3 heteroatoms. The third-order valence-corrected chi connectivity index (χ3v) is 2.68. The number of benzene rings is 1. The van der Waals surface area contributed by atoms with Crippen LogP contribution in [0.3, 0.4) is 0 Å². The van der Waals surface area contributed by atoms with Crippen molar-refractivity contribution in [1.29, 1.82) is 0 Å². The molecule has 78 valence electrons. The number of nitrogens with zero attached hydrogens (tertiary/aromatic N) is 2. The maximum absolute atomic E-state index is 5.62. The lowest BCUT2D eigenvalue weighted by Gasteiger charge is -2.06. The quantitative estimate of drug-likeness (QED) is 0.806. The van der Waals surface area contributed by atoms with Crippen molar-refractivity contribution in [3.8, 4) is 11.4 Å². The van der Waals surface area contributed by atoms with Crippen molar-refractivity contribution in [1.82, 2.24) is 9.55 Å². The van der Waals surface area contributed by atoms with Gasteiger partial charge in [-0.05, 0) is 12.5 Å². The van der Waals surface area contributed by atoms with E-state index in [1.165, 1.54) is 11.1 Å². The van der Waals surface area contributed by atoms with Gasteiger partial charge in [0.2, 0.25) is 0 Å². The van der Waals surface area contributed by atoms with Crippen LogP contribution in [0.15, 0.2) is 30.5 Å². The van der Waals surface area contributed by atoms with Gasteiger partial charge in [0.1, 0.15) is 5.82 Å². The van der Waals surface area contributed by atoms with Crippen LogP contribution < -0.4 is 5.73 Å². The van der Waals surface area contributed by atoms with Gasteiger partial charge in [0.15, 0.2) is 0 Å². The number of hydrogen-bond donors (Lipinski definition) is 1. The minimum atomic E-state index is 0.523. The summed E-state index contributed by atoms with van der Waals surface area (Å²) in [5.74, 6) is 0.980. The largest absolute Gasteiger partial charge is 0.330 e. The van der Waals surface area contributed by atoms with Gasteiger partial charge in [-0.25, -0.2) is 4.98 Å². The Hall–Kier alpha value is -1.61. The highest BCUT2D eigenvalue weighted by Gasteiger charge is 2.08. The molecule has 0 aliphatic carbocycles. The predicted octanol–water partition coefficient (Wildman–Crippen LogP) is 1.85. The zero-order valence-corrected chi connectivity index (χ0v) is 9.07. The summed E-state index contributed by atoms with van der Waals surface area (Å²) in [6.45, 7) is 2.61. The SMILES string of the molecule is Cc1ccccc1-c1ncc(CN)n1C. The average molecular weight is 201 g/mol. The second-order valence-corrected chi connectivity index (χ2v) is 3.65. The summed E-state index contributed by atoms with van der Waals surface area (Å²) in [4.78, 5) is 4.40. The zero-order valence-electron chi connectivity index (χ0n) is 9.07. The Morgan fingerprint density at radius 1 is 1.33 bits per heavy atom. The normalized spacial score (nSPS) is 10.6. The molecule has 2 aromatic rings. The van der Waals surface area contributed by atoms with Gasteiger partial charge in [0.05, 0.1) is 11.9 Å². The topological polar surface area (TPSA) is 43.8 Å². The molecule has 0 fully saturated rings. The zero-order chi connectivity index (χ0) is 10.8. The van der Waals surface area contributed by atoms with E-state index in [-0.39, 0.29) is 0 Å². The molecule has 1 aromatic carbocycles. The molecule has 1 aromatic heterocycles. The van der Waals surface area contributed by atoms with Crippen molar-refractivity contribution in [3.05, 3.63) is 41.7 Å². The van der Waals surface area contributed by atoms with Crippen molar-refractivity contribution >= 4 is 0 Å². The summed E-state index contributed by atoms with van der Waals surface area (Å²) in [7, 11) is 2.00. The lowest BCUT2D eigenvalue weighted by molar-refractivity contribution is 0.828. The van der Waals surface area contributed by atoms with Crippen LogP contribution in [0, 0.1) is 6.92 Å². The Balaban J connectivity index is 2.55. The standard InChI is InChI=1S/C12H15N3/c1-9-5-3-4-6-11(9)12-14-8-10(7-13)15(12)2/h3-6,8H,7,13H2,1-2H3. The summed E-state index contributed by atoms with van der Waals surface area (Å²) >= 11 is 0. The second-order valence-electron chi connectivity index (χ2n) is 3.65. The minimum absolute atomic E-state index is 0.523. The molecule has 0 aliphatic rings. The van der Waals surface area contributed by atoms with Crippen LogP contribution in [0.1, 0.15) is 11.3 Å². The molecule has 0 radical (unpaired) electrons. The molecule has 0 saturated carbocycles. The molecule has 2 N–H and O–H groups in total.